The number of hydrogen-bond donors (Lipinski definition) is 0. The van der Waals surface area contributed by atoms with Gasteiger partial charge in [0.25, 0.3) is 0 Å². The number of hydrogen-bond acceptors (Lipinski definition) is 5. The van der Waals surface area contributed by atoms with Crippen molar-refractivity contribution in [2.45, 2.75) is 13.3 Å². The van der Waals surface area contributed by atoms with Crippen molar-refractivity contribution < 1.29 is 8.42 Å². The average molecular weight is 308 g/mol. The van der Waals surface area contributed by atoms with Crippen LogP contribution in [-0.4, -0.2) is 40.3 Å². The molecule has 1 aliphatic carbocycles. The minimum absolute atomic E-state index is 0.266. The van der Waals surface area contributed by atoms with Crippen molar-refractivity contribution in [3.05, 3.63) is 17.7 Å². The van der Waals surface area contributed by atoms with Gasteiger partial charge in [-0.1, -0.05) is 6.92 Å². The Balaban J connectivity index is 2.31. The van der Waals surface area contributed by atoms with Crippen LogP contribution in [-0.2, 0) is 10.0 Å². The van der Waals surface area contributed by atoms with Crippen molar-refractivity contribution >= 4 is 21.7 Å². The number of aromatic nitrogens is 1. The maximum atomic E-state index is 11.6. The van der Waals surface area contributed by atoms with Gasteiger partial charge in [0.2, 0.25) is 10.0 Å². The Labute approximate surface area is 126 Å². The molecule has 6 nitrogen and oxygen atoms in total. The van der Waals surface area contributed by atoms with Crippen LogP contribution >= 0.6 is 0 Å². The largest absolute Gasteiger partial charge is 0.359 e. The highest BCUT2D eigenvalue weighted by Gasteiger charge is 2.33. The average Bonchev–Trinajstić information content (AvgIpc) is 3.11. The van der Waals surface area contributed by atoms with Gasteiger partial charge in [0, 0.05) is 20.6 Å². The normalized spacial score (nSPS) is 20.7. The highest BCUT2D eigenvalue weighted by molar-refractivity contribution is 7.92. The molecule has 2 atom stereocenters. The van der Waals surface area contributed by atoms with Crippen molar-refractivity contribution in [1.82, 2.24) is 4.98 Å². The van der Waals surface area contributed by atoms with E-state index in [0.717, 1.165) is 23.0 Å². The summed E-state index contributed by atoms with van der Waals surface area (Å²) in [6.07, 6.45) is 2.32. The molecule has 0 radical (unpaired) electrons. The summed E-state index contributed by atoms with van der Waals surface area (Å²) in [6, 6.07) is 5.23. The smallest absolute Gasteiger partial charge is 0.233 e. The van der Waals surface area contributed by atoms with Gasteiger partial charge in [0.05, 0.1) is 17.9 Å². The second kappa shape index (κ2) is 5.53. The maximum Gasteiger partial charge on any atom is 0.233 e. The van der Waals surface area contributed by atoms with Crippen LogP contribution in [0.25, 0.3) is 0 Å². The Morgan fingerprint density at radius 3 is 2.43 bits per heavy atom. The molecule has 0 aliphatic heterocycles. The van der Waals surface area contributed by atoms with E-state index >= 15 is 0 Å². The number of rotatable bonds is 5. The molecule has 114 valence electrons. The van der Waals surface area contributed by atoms with Gasteiger partial charge in [-0.15, -0.1) is 0 Å². The van der Waals surface area contributed by atoms with Crippen LogP contribution in [0.4, 0.5) is 11.6 Å². The quantitative estimate of drug-likeness (QED) is 0.822. The van der Waals surface area contributed by atoms with Crippen molar-refractivity contribution in [2.24, 2.45) is 11.8 Å². The molecular formula is C14H20N4O2S. The standard InChI is InChI=1S/C14H20N4O2S/c1-10-5-12(10)9-17(2)13-6-11(8-15)7-14(16-13)18(3)21(4,19)20/h6-7,10,12H,5,9H2,1-4H3. The van der Waals surface area contributed by atoms with Gasteiger partial charge >= 0.3 is 0 Å². The first-order valence-corrected chi connectivity index (χ1v) is 8.64. The van der Waals surface area contributed by atoms with E-state index in [0.29, 0.717) is 17.3 Å². The number of anilines is 2. The second-order valence-corrected chi connectivity index (χ2v) is 7.78. The molecule has 0 N–H and O–H groups in total. The molecule has 2 rings (SSSR count). The molecule has 21 heavy (non-hydrogen) atoms. The van der Waals surface area contributed by atoms with Gasteiger partial charge in [-0.2, -0.15) is 5.26 Å². The highest BCUT2D eigenvalue weighted by atomic mass is 32.2. The number of nitriles is 1. The van der Waals surface area contributed by atoms with Gasteiger partial charge in [0.15, 0.2) is 0 Å². The molecule has 1 saturated carbocycles. The van der Waals surface area contributed by atoms with E-state index in [2.05, 4.69) is 18.0 Å². The predicted octanol–water partition coefficient (Wildman–Crippen LogP) is 1.44. The van der Waals surface area contributed by atoms with Gasteiger partial charge in [-0.25, -0.2) is 13.4 Å². The van der Waals surface area contributed by atoms with Crippen LogP contribution in [0.2, 0.25) is 0 Å². The molecule has 1 heterocycles. The fourth-order valence-corrected chi connectivity index (χ4v) is 2.63. The summed E-state index contributed by atoms with van der Waals surface area (Å²) in [5, 5.41) is 9.12. The summed E-state index contributed by atoms with van der Waals surface area (Å²) in [5.41, 5.74) is 0.404. The summed E-state index contributed by atoms with van der Waals surface area (Å²) < 4.78 is 24.4. The summed E-state index contributed by atoms with van der Waals surface area (Å²) in [7, 11) is -0.0484. The van der Waals surface area contributed by atoms with Crippen LogP contribution < -0.4 is 9.21 Å². The number of pyridine rings is 1. The van der Waals surface area contributed by atoms with E-state index in [-0.39, 0.29) is 5.82 Å². The molecule has 0 saturated heterocycles. The van der Waals surface area contributed by atoms with Gasteiger partial charge in [-0.3, -0.25) is 4.31 Å². The topological polar surface area (TPSA) is 77.3 Å². The summed E-state index contributed by atoms with van der Waals surface area (Å²) >= 11 is 0. The lowest BCUT2D eigenvalue weighted by Crippen LogP contribution is -2.27. The molecule has 1 fully saturated rings. The molecular weight excluding hydrogens is 288 g/mol. The number of nitrogens with zero attached hydrogens (tertiary/aromatic N) is 4. The minimum Gasteiger partial charge on any atom is -0.359 e. The Bertz CT molecular complexity index is 681. The third kappa shape index (κ3) is 3.64. The first kappa shape index (κ1) is 15.6. The fraction of sp³-hybridized carbons (Fsp3) is 0.571. The molecule has 7 heteroatoms. The Morgan fingerprint density at radius 2 is 1.95 bits per heavy atom. The number of sulfonamides is 1. The van der Waals surface area contributed by atoms with E-state index in [1.165, 1.54) is 19.5 Å². The molecule has 1 aromatic heterocycles. The zero-order chi connectivity index (χ0) is 15.8. The molecule has 1 aromatic rings. The van der Waals surface area contributed by atoms with Crippen LogP contribution in [0.5, 0.6) is 0 Å². The zero-order valence-electron chi connectivity index (χ0n) is 12.7. The van der Waals surface area contributed by atoms with E-state index in [1.807, 2.05) is 11.9 Å². The first-order valence-electron chi connectivity index (χ1n) is 6.79. The van der Waals surface area contributed by atoms with Gasteiger partial charge in [0.1, 0.15) is 11.6 Å². The summed E-state index contributed by atoms with van der Waals surface area (Å²) in [4.78, 5) is 6.36. The molecule has 2 unspecified atom stereocenters. The summed E-state index contributed by atoms with van der Waals surface area (Å²) in [6.45, 7) is 3.07. The maximum absolute atomic E-state index is 11.6. The minimum atomic E-state index is -3.40. The van der Waals surface area contributed by atoms with Crippen molar-refractivity contribution in [2.75, 3.05) is 36.1 Å². The van der Waals surface area contributed by atoms with Crippen LogP contribution in [0.3, 0.4) is 0 Å². The lowest BCUT2D eigenvalue weighted by atomic mass is 10.2. The fourth-order valence-electron chi connectivity index (χ4n) is 2.19. The zero-order valence-corrected chi connectivity index (χ0v) is 13.6. The molecule has 1 aliphatic rings. The Morgan fingerprint density at radius 1 is 1.38 bits per heavy atom. The SMILES string of the molecule is CC1CC1CN(C)c1cc(C#N)cc(N(C)S(C)(=O)=O)n1. The van der Waals surface area contributed by atoms with E-state index in [9.17, 15) is 8.42 Å². The van der Waals surface area contributed by atoms with E-state index < -0.39 is 10.0 Å². The van der Waals surface area contributed by atoms with Crippen molar-refractivity contribution in [3.8, 4) is 6.07 Å². The second-order valence-electron chi connectivity index (χ2n) is 5.77. The lowest BCUT2D eigenvalue weighted by Gasteiger charge is -2.22. The van der Waals surface area contributed by atoms with E-state index in [1.54, 1.807) is 6.07 Å². The molecule has 0 spiro atoms. The molecule has 0 amide bonds. The predicted molar refractivity (Wildman–Crippen MR) is 82.7 cm³/mol. The highest BCUT2D eigenvalue weighted by Crippen LogP contribution is 2.38. The van der Waals surface area contributed by atoms with Crippen LogP contribution in [0, 0.1) is 23.2 Å². The lowest BCUT2D eigenvalue weighted by molar-refractivity contribution is 0.600. The van der Waals surface area contributed by atoms with Crippen LogP contribution in [0.1, 0.15) is 18.9 Å². The summed E-state index contributed by atoms with van der Waals surface area (Å²) in [5.74, 6) is 2.27. The van der Waals surface area contributed by atoms with Gasteiger partial charge in [-0.05, 0) is 30.4 Å². The Kier molecular flexibility index (Phi) is 4.10. The first-order chi connectivity index (χ1) is 9.72. The monoisotopic (exact) mass is 308 g/mol. The molecule has 0 aromatic carbocycles. The van der Waals surface area contributed by atoms with Gasteiger partial charge < -0.3 is 4.90 Å². The van der Waals surface area contributed by atoms with E-state index in [4.69, 9.17) is 5.26 Å². The third-order valence-electron chi connectivity index (χ3n) is 3.92. The Hall–Kier alpha value is -1.81. The molecule has 0 bridgehead atoms. The van der Waals surface area contributed by atoms with Crippen LogP contribution in [0.15, 0.2) is 12.1 Å². The van der Waals surface area contributed by atoms with Crippen molar-refractivity contribution in [3.63, 3.8) is 0 Å². The third-order valence-corrected chi connectivity index (χ3v) is 5.11. The van der Waals surface area contributed by atoms with Crippen molar-refractivity contribution in [1.29, 1.82) is 5.26 Å².